The van der Waals surface area contributed by atoms with E-state index in [1.165, 1.54) is 22.3 Å². The van der Waals surface area contributed by atoms with E-state index in [-0.39, 0.29) is 6.04 Å². The van der Waals surface area contributed by atoms with Crippen molar-refractivity contribution in [3.8, 4) is 0 Å². The van der Waals surface area contributed by atoms with Crippen LogP contribution in [0.4, 0.5) is 0 Å². The van der Waals surface area contributed by atoms with E-state index in [0.29, 0.717) is 0 Å². The summed E-state index contributed by atoms with van der Waals surface area (Å²) in [7, 11) is 0. The van der Waals surface area contributed by atoms with Crippen LogP contribution >= 0.6 is 11.6 Å². The molecule has 0 fully saturated rings. The zero-order chi connectivity index (χ0) is 14.7. The van der Waals surface area contributed by atoms with Crippen LogP contribution in [0, 0.1) is 20.8 Å². The third-order valence-corrected chi connectivity index (χ3v) is 3.78. The molecule has 0 aliphatic rings. The maximum Gasteiger partial charge on any atom is 0.0591 e. The Hall–Kier alpha value is -1.31. The van der Waals surface area contributed by atoms with E-state index >= 15 is 0 Å². The zero-order valence-electron chi connectivity index (χ0n) is 12.6. The van der Waals surface area contributed by atoms with E-state index in [4.69, 9.17) is 11.6 Å². The third kappa shape index (κ3) is 3.41. The third-order valence-electron chi connectivity index (χ3n) is 3.45. The number of nitrogens with one attached hydrogen (secondary N) is 1. The highest BCUT2D eigenvalue weighted by molar-refractivity contribution is 6.31. The van der Waals surface area contributed by atoms with Gasteiger partial charge in [0.1, 0.15) is 0 Å². The molecule has 2 aromatic carbocycles. The second kappa shape index (κ2) is 6.43. The van der Waals surface area contributed by atoms with Crippen LogP contribution in [0.15, 0.2) is 36.4 Å². The van der Waals surface area contributed by atoms with Gasteiger partial charge in [0.2, 0.25) is 0 Å². The largest absolute Gasteiger partial charge is 0.306 e. The Bertz CT molecular complexity index is 584. The van der Waals surface area contributed by atoms with E-state index in [1.807, 2.05) is 6.07 Å². The van der Waals surface area contributed by atoms with Gasteiger partial charge in [-0.15, -0.1) is 0 Å². The van der Waals surface area contributed by atoms with Crippen LogP contribution in [0.25, 0.3) is 0 Å². The number of hydrogen-bond acceptors (Lipinski definition) is 1. The molecule has 106 valence electrons. The summed E-state index contributed by atoms with van der Waals surface area (Å²) in [6.07, 6.45) is 0. The topological polar surface area (TPSA) is 12.0 Å². The number of benzene rings is 2. The van der Waals surface area contributed by atoms with Crippen LogP contribution in [0.2, 0.25) is 5.02 Å². The maximum absolute atomic E-state index is 6.45. The summed E-state index contributed by atoms with van der Waals surface area (Å²) in [6, 6.07) is 13.1. The summed E-state index contributed by atoms with van der Waals surface area (Å²) in [4.78, 5) is 0. The molecule has 0 radical (unpaired) electrons. The number of halogens is 1. The minimum Gasteiger partial charge on any atom is -0.306 e. The number of aryl methyl sites for hydroxylation is 3. The summed E-state index contributed by atoms with van der Waals surface area (Å²) in [5.74, 6) is 0. The summed E-state index contributed by atoms with van der Waals surface area (Å²) >= 11 is 6.45. The van der Waals surface area contributed by atoms with Crippen LogP contribution in [0.5, 0.6) is 0 Å². The van der Waals surface area contributed by atoms with Crippen LogP contribution < -0.4 is 5.32 Å². The van der Waals surface area contributed by atoms with Gasteiger partial charge < -0.3 is 5.32 Å². The molecule has 0 bridgehead atoms. The molecule has 1 N–H and O–H groups in total. The van der Waals surface area contributed by atoms with Crippen molar-refractivity contribution in [3.63, 3.8) is 0 Å². The molecule has 1 atom stereocenters. The zero-order valence-corrected chi connectivity index (χ0v) is 13.4. The molecule has 0 spiro atoms. The van der Waals surface area contributed by atoms with Gasteiger partial charge in [0.05, 0.1) is 6.04 Å². The lowest BCUT2D eigenvalue weighted by Gasteiger charge is -2.21. The van der Waals surface area contributed by atoms with Crippen molar-refractivity contribution in [1.82, 2.24) is 5.32 Å². The van der Waals surface area contributed by atoms with Gasteiger partial charge in [-0.05, 0) is 50.1 Å². The van der Waals surface area contributed by atoms with Crippen molar-refractivity contribution in [3.05, 3.63) is 69.2 Å². The lowest BCUT2D eigenvalue weighted by Crippen LogP contribution is -2.22. The monoisotopic (exact) mass is 287 g/mol. The fraction of sp³-hybridized carbons (Fsp3) is 0.333. The normalized spacial score (nSPS) is 12.4. The quantitative estimate of drug-likeness (QED) is 0.838. The summed E-state index contributed by atoms with van der Waals surface area (Å²) in [6.45, 7) is 9.36. The second-order valence-electron chi connectivity index (χ2n) is 5.44. The minimum absolute atomic E-state index is 0.145. The van der Waals surface area contributed by atoms with E-state index in [1.54, 1.807) is 0 Å². The van der Waals surface area contributed by atoms with Gasteiger partial charge in [-0.3, -0.25) is 0 Å². The van der Waals surface area contributed by atoms with Crippen molar-refractivity contribution in [2.75, 3.05) is 6.54 Å². The SMILES string of the molecule is CCNC(c1cc(C)cc(C)c1)c1ccc(C)cc1Cl. The highest BCUT2D eigenvalue weighted by Gasteiger charge is 2.16. The molecule has 20 heavy (non-hydrogen) atoms. The molecule has 2 aromatic rings. The average molecular weight is 288 g/mol. The lowest BCUT2D eigenvalue weighted by molar-refractivity contribution is 0.630. The first kappa shape index (κ1) is 15.1. The van der Waals surface area contributed by atoms with E-state index < -0.39 is 0 Å². The van der Waals surface area contributed by atoms with Crippen molar-refractivity contribution in [2.45, 2.75) is 33.7 Å². The molecule has 0 aliphatic heterocycles. The second-order valence-corrected chi connectivity index (χ2v) is 5.84. The van der Waals surface area contributed by atoms with Crippen LogP contribution in [0.3, 0.4) is 0 Å². The average Bonchev–Trinajstić information content (AvgIpc) is 2.35. The van der Waals surface area contributed by atoms with Crippen molar-refractivity contribution in [1.29, 1.82) is 0 Å². The Balaban J connectivity index is 2.49. The van der Waals surface area contributed by atoms with Gasteiger partial charge >= 0.3 is 0 Å². The van der Waals surface area contributed by atoms with Crippen LogP contribution in [-0.2, 0) is 0 Å². The molecule has 1 nitrogen and oxygen atoms in total. The maximum atomic E-state index is 6.45. The van der Waals surface area contributed by atoms with E-state index in [2.05, 4.69) is 63.3 Å². The van der Waals surface area contributed by atoms with Gasteiger partial charge in [0.15, 0.2) is 0 Å². The lowest BCUT2D eigenvalue weighted by atomic mass is 9.95. The Kier molecular flexibility index (Phi) is 4.85. The Labute approximate surface area is 127 Å². The first-order chi connectivity index (χ1) is 9.51. The number of hydrogen-bond donors (Lipinski definition) is 1. The van der Waals surface area contributed by atoms with Crippen molar-refractivity contribution >= 4 is 11.6 Å². The van der Waals surface area contributed by atoms with E-state index in [0.717, 1.165) is 17.1 Å². The van der Waals surface area contributed by atoms with E-state index in [9.17, 15) is 0 Å². The highest BCUT2D eigenvalue weighted by Crippen LogP contribution is 2.30. The van der Waals surface area contributed by atoms with Crippen molar-refractivity contribution in [2.24, 2.45) is 0 Å². The van der Waals surface area contributed by atoms with Gasteiger partial charge in [0.25, 0.3) is 0 Å². The molecular formula is C18H22ClN. The molecule has 0 aromatic heterocycles. The minimum atomic E-state index is 0.145. The Morgan fingerprint density at radius 1 is 0.950 bits per heavy atom. The molecule has 1 unspecified atom stereocenters. The molecule has 2 heteroatoms. The standard InChI is InChI=1S/C18H22ClN/c1-5-20-18(15-9-13(3)8-14(4)10-15)16-7-6-12(2)11-17(16)19/h6-11,18,20H,5H2,1-4H3. The molecule has 2 rings (SSSR count). The molecule has 0 heterocycles. The molecular weight excluding hydrogens is 266 g/mol. The van der Waals surface area contributed by atoms with Gasteiger partial charge in [0, 0.05) is 5.02 Å². The highest BCUT2D eigenvalue weighted by atomic mass is 35.5. The summed E-state index contributed by atoms with van der Waals surface area (Å²) in [5, 5.41) is 4.37. The van der Waals surface area contributed by atoms with Crippen LogP contribution in [-0.4, -0.2) is 6.54 Å². The molecule has 0 amide bonds. The fourth-order valence-corrected chi connectivity index (χ4v) is 3.00. The van der Waals surface area contributed by atoms with Gasteiger partial charge in [-0.2, -0.15) is 0 Å². The number of rotatable bonds is 4. The predicted molar refractivity (Wildman–Crippen MR) is 87.6 cm³/mol. The van der Waals surface area contributed by atoms with Gasteiger partial charge in [-0.1, -0.05) is 60.0 Å². The van der Waals surface area contributed by atoms with Crippen molar-refractivity contribution < 1.29 is 0 Å². The molecule has 0 aliphatic carbocycles. The fourth-order valence-electron chi connectivity index (χ4n) is 2.65. The summed E-state index contributed by atoms with van der Waals surface area (Å²) < 4.78 is 0. The molecule has 0 saturated carbocycles. The Morgan fingerprint density at radius 3 is 2.15 bits per heavy atom. The first-order valence-electron chi connectivity index (χ1n) is 7.09. The predicted octanol–water partition coefficient (Wildman–Crippen LogP) is 4.96. The van der Waals surface area contributed by atoms with Gasteiger partial charge in [-0.25, -0.2) is 0 Å². The summed E-state index contributed by atoms with van der Waals surface area (Å²) in [5.41, 5.74) is 6.17. The van der Waals surface area contributed by atoms with Crippen LogP contribution in [0.1, 0.15) is 40.8 Å². The molecule has 0 saturated heterocycles. The smallest absolute Gasteiger partial charge is 0.0591 e. The Morgan fingerprint density at radius 2 is 1.60 bits per heavy atom. The first-order valence-corrected chi connectivity index (χ1v) is 7.46.